The van der Waals surface area contributed by atoms with Gasteiger partial charge in [-0.15, -0.1) is 24.8 Å². The SMILES string of the molecule is COc1cc2nc(-c3c(N)ccc(Cl)c3N)nc(N3CCC(N)C3)c2cc1OC.Cl.Cl. The molecule has 1 saturated heterocycles. The molecule has 2 aromatic carbocycles. The number of fused-ring (bicyclic) bond motifs is 1. The Kier molecular flexibility index (Phi) is 7.88. The number of nitrogens with two attached hydrogens (primary N) is 3. The molecule has 1 aliphatic rings. The Balaban J connectivity index is 0.00000171. The lowest BCUT2D eigenvalue weighted by Gasteiger charge is -2.21. The van der Waals surface area contributed by atoms with Crippen molar-refractivity contribution in [3.8, 4) is 22.9 Å². The molecule has 8 nitrogen and oxygen atoms in total. The lowest BCUT2D eigenvalue weighted by atomic mass is 10.1. The van der Waals surface area contributed by atoms with Crippen LogP contribution in [0.25, 0.3) is 22.3 Å². The zero-order chi connectivity index (χ0) is 20.7. The maximum Gasteiger partial charge on any atom is 0.166 e. The van der Waals surface area contributed by atoms with Crippen molar-refractivity contribution in [3.05, 3.63) is 29.3 Å². The predicted molar refractivity (Wildman–Crippen MR) is 131 cm³/mol. The monoisotopic (exact) mass is 486 g/mol. The highest BCUT2D eigenvalue weighted by molar-refractivity contribution is 6.34. The number of nitrogens with zero attached hydrogens (tertiary/aromatic N) is 3. The van der Waals surface area contributed by atoms with E-state index >= 15 is 0 Å². The summed E-state index contributed by atoms with van der Waals surface area (Å²) in [7, 11) is 3.18. The Bertz CT molecular complexity index is 1100. The molecule has 0 amide bonds. The summed E-state index contributed by atoms with van der Waals surface area (Å²) in [6, 6.07) is 7.13. The van der Waals surface area contributed by atoms with Gasteiger partial charge in [-0.25, -0.2) is 9.97 Å². The predicted octanol–water partition coefficient (Wildman–Crippen LogP) is 3.51. The van der Waals surface area contributed by atoms with Crippen molar-refractivity contribution < 1.29 is 9.47 Å². The summed E-state index contributed by atoms with van der Waals surface area (Å²) in [4.78, 5) is 11.7. The third-order valence-electron chi connectivity index (χ3n) is 5.15. The molecular formula is C20H25Cl3N6O2. The number of nitrogen functional groups attached to an aromatic ring is 2. The number of hydrogen-bond acceptors (Lipinski definition) is 8. The number of rotatable bonds is 4. The summed E-state index contributed by atoms with van der Waals surface area (Å²) in [6.07, 6.45) is 0.884. The van der Waals surface area contributed by atoms with Gasteiger partial charge in [0.2, 0.25) is 0 Å². The van der Waals surface area contributed by atoms with E-state index in [9.17, 15) is 0 Å². The summed E-state index contributed by atoms with van der Waals surface area (Å²) in [5, 5.41) is 1.23. The fourth-order valence-corrected chi connectivity index (χ4v) is 3.79. The zero-order valence-electron chi connectivity index (χ0n) is 17.1. The zero-order valence-corrected chi connectivity index (χ0v) is 19.5. The van der Waals surface area contributed by atoms with E-state index in [0.717, 1.165) is 24.2 Å². The molecule has 0 saturated carbocycles. The van der Waals surface area contributed by atoms with Gasteiger partial charge in [0, 0.05) is 36.3 Å². The number of ether oxygens (including phenoxy) is 2. The Morgan fingerprint density at radius 3 is 2.35 bits per heavy atom. The van der Waals surface area contributed by atoms with Crippen molar-refractivity contribution in [2.24, 2.45) is 5.73 Å². The second kappa shape index (κ2) is 9.82. The lowest BCUT2D eigenvalue weighted by molar-refractivity contribution is 0.356. The summed E-state index contributed by atoms with van der Waals surface area (Å²) in [6.45, 7) is 1.49. The van der Waals surface area contributed by atoms with Gasteiger partial charge in [-0.2, -0.15) is 0 Å². The summed E-state index contributed by atoms with van der Waals surface area (Å²) >= 11 is 6.23. The maximum atomic E-state index is 6.23. The van der Waals surface area contributed by atoms with E-state index in [1.54, 1.807) is 26.4 Å². The molecule has 0 aliphatic carbocycles. The molecule has 1 fully saturated rings. The highest BCUT2D eigenvalue weighted by Crippen LogP contribution is 2.40. The number of halogens is 3. The minimum absolute atomic E-state index is 0. The highest BCUT2D eigenvalue weighted by atomic mass is 35.5. The van der Waals surface area contributed by atoms with Crippen molar-refractivity contribution in [1.29, 1.82) is 0 Å². The Hall–Kier alpha value is -2.39. The summed E-state index contributed by atoms with van der Waals surface area (Å²) < 4.78 is 10.9. The number of methoxy groups -OCH3 is 2. The van der Waals surface area contributed by atoms with Gasteiger partial charge in [0.15, 0.2) is 17.3 Å². The van der Waals surface area contributed by atoms with E-state index < -0.39 is 0 Å². The van der Waals surface area contributed by atoms with Crippen molar-refractivity contribution in [1.82, 2.24) is 9.97 Å². The molecule has 1 aromatic heterocycles. The first kappa shape index (κ1) is 24.9. The van der Waals surface area contributed by atoms with Crippen molar-refractivity contribution in [2.75, 3.05) is 43.7 Å². The Labute approximate surface area is 197 Å². The standard InChI is InChI=1S/C20H23ClN6O2.2ClH/c1-28-15-7-11-14(8-16(15)29-2)25-19(17-13(23)4-3-12(21)18(17)24)26-20(11)27-6-5-10(22)9-27;;/h3-4,7-8,10H,5-6,9,22-24H2,1-2H3;2*1H. The number of aromatic nitrogens is 2. The van der Waals surface area contributed by atoms with Crippen LogP contribution in [0.5, 0.6) is 11.5 Å². The van der Waals surface area contributed by atoms with Gasteiger partial charge < -0.3 is 31.6 Å². The second-order valence-corrected chi connectivity index (χ2v) is 7.42. The highest BCUT2D eigenvalue weighted by Gasteiger charge is 2.25. The van der Waals surface area contributed by atoms with Crippen LogP contribution in [0.2, 0.25) is 5.02 Å². The normalized spacial score (nSPS) is 15.4. The molecule has 0 bridgehead atoms. The van der Waals surface area contributed by atoms with E-state index in [4.69, 9.17) is 48.2 Å². The fraction of sp³-hybridized carbons (Fsp3) is 0.300. The third kappa shape index (κ3) is 4.48. The molecule has 1 atom stereocenters. The summed E-state index contributed by atoms with van der Waals surface area (Å²) in [5.41, 5.74) is 20.5. The molecule has 168 valence electrons. The molecule has 2 heterocycles. The fourth-order valence-electron chi connectivity index (χ4n) is 3.63. The molecule has 11 heteroatoms. The quantitative estimate of drug-likeness (QED) is 0.477. The second-order valence-electron chi connectivity index (χ2n) is 7.02. The third-order valence-corrected chi connectivity index (χ3v) is 5.48. The Morgan fingerprint density at radius 1 is 1.06 bits per heavy atom. The van der Waals surface area contributed by atoms with Gasteiger partial charge in [0.25, 0.3) is 0 Å². The van der Waals surface area contributed by atoms with Crippen molar-refractivity contribution in [3.63, 3.8) is 0 Å². The van der Waals surface area contributed by atoms with Crippen LogP contribution in [-0.4, -0.2) is 43.3 Å². The van der Waals surface area contributed by atoms with Gasteiger partial charge in [-0.3, -0.25) is 0 Å². The van der Waals surface area contributed by atoms with Crippen LogP contribution in [0.15, 0.2) is 24.3 Å². The minimum Gasteiger partial charge on any atom is -0.493 e. The molecule has 0 radical (unpaired) electrons. The van der Waals surface area contributed by atoms with E-state index in [0.29, 0.717) is 51.3 Å². The van der Waals surface area contributed by atoms with E-state index in [-0.39, 0.29) is 30.9 Å². The van der Waals surface area contributed by atoms with Crippen LogP contribution in [0.1, 0.15) is 6.42 Å². The number of anilines is 3. The average Bonchev–Trinajstić information content (AvgIpc) is 3.15. The Morgan fingerprint density at radius 2 is 1.74 bits per heavy atom. The van der Waals surface area contributed by atoms with Crippen LogP contribution in [-0.2, 0) is 0 Å². The first-order valence-corrected chi connectivity index (χ1v) is 9.58. The molecular weight excluding hydrogens is 463 g/mol. The van der Waals surface area contributed by atoms with Gasteiger partial charge in [-0.05, 0) is 24.6 Å². The smallest absolute Gasteiger partial charge is 0.166 e. The molecule has 4 rings (SSSR count). The molecule has 0 spiro atoms. The van der Waals surface area contributed by atoms with Crippen LogP contribution in [0.4, 0.5) is 17.2 Å². The summed E-state index contributed by atoms with van der Waals surface area (Å²) in [5.74, 6) is 2.32. The molecule has 31 heavy (non-hydrogen) atoms. The van der Waals surface area contributed by atoms with Gasteiger partial charge in [-0.1, -0.05) is 11.6 Å². The van der Waals surface area contributed by atoms with Crippen LogP contribution < -0.4 is 31.6 Å². The average molecular weight is 488 g/mol. The lowest BCUT2D eigenvalue weighted by Crippen LogP contribution is -2.27. The number of benzene rings is 2. The van der Waals surface area contributed by atoms with E-state index in [2.05, 4.69) is 4.90 Å². The van der Waals surface area contributed by atoms with Crippen molar-refractivity contribution >= 4 is 64.5 Å². The maximum absolute atomic E-state index is 6.23. The first-order chi connectivity index (χ1) is 13.9. The van der Waals surface area contributed by atoms with Gasteiger partial charge in [0.05, 0.1) is 36.0 Å². The van der Waals surface area contributed by atoms with Crippen LogP contribution >= 0.6 is 36.4 Å². The molecule has 6 N–H and O–H groups in total. The molecule has 3 aromatic rings. The number of hydrogen-bond donors (Lipinski definition) is 3. The molecule has 1 unspecified atom stereocenters. The first-order valence-electron chi connectivity index (χ1n) is 9.21. The molecule has 1 aliphatic heterocycles. The van der Waals surface area contributed by atoms with Crippen molar-refractivity contribution in [2.45, 2.75) is 12.5 Å². The van der Waals surface area contributed by atoms with Gasteiger partial charge in [0.1, 0.15) is 5.82 Å². The van der Waals surface area contributed by atoms with E-state index in [1.165, 1.54) is 0 Å². The van der Waals surface area contributed by atoms with Gasteiger partial charge >= 0.3 is 0 Å². The van der Waals surface area contributed by atoms with E-state index in [1.807, 2.05) is 12.1 Å². The van der Waals surface area contributed by atoms with Crippen LogP contribution in [0.3, 0.4) is 0 Å². The topological polar surface area (TPSA) is 126 Å². The largest absolute Gasteiger partial charge is 0.493 e. The van der Waals surface area contributed by atoms with Crippen LogP contribution in [0, 0.1) is 0 Å². The minimum atomic E-state index is 0.